The molecule has 0 aromatic heterocycles. The van der Waals surface area contributed by atoms with Crippen molar-refractivity contribution in [1.82, 2.24) is 5.32 Å². The quantitative estimate of drug-likeness (QED) is 0.297. The number of carbonyl (C=O) groups excluding carboxylic acids is 2. The summed E-state index contributed by atoms with van der Waals surface area (Å²) in [4.78, 5) is 50.5. The van der Waals surface area contributed by atoms with Gasteiger partial charge in [0.1, 0.15) is 5.75 Å². The first-order chi connectivity index (χ1) is 16.2. The van der Waals surface area contributed by atoms with Crippen LogP contribution in [0.3, 0.4) is 0 Å². The lowest BCUT2D eigenvalue weighted by molar-refractivity contribution is -0.384. The van der Waals surface area contributed by atoms with Gasteiger partial charge in [0.2, 0.25) is 11.8 Å². The number of nitrogens with one attached hydrogen (secondary N) is 1. The number of carbonyl (C=O) groups is 3. The third kappa shape index (κ3) is 3.58. The molecule has 34 heavy (non-hydrogen) atoms. The number of aliphatic carboxylic acids is 1. The molecular formula is C23H23N3O8. The Morgan fingerprint density at radius 1 is 1.21 bits per heavy atom. The topological polar surface area (TPSA) is 159 Å². The van der Waals surface area contributed by atoms with Gasteiger partial charge in [-0.3, -0.25) is 29.8 Å². The van der Waals surface area contributed by atoms with Crippen molar-refractivity contribution >= 4 is 29.2 Å². The molecule has 4 atom stereocenters. The first kappa shape index (κ1) is 23.3. The second-order valence-corrected chi connectivity index (χ2v) is 8.27. The molecule has 11 heteroatoms. The number of aliphatic hydroxyl groups excluding tert-OH is 1. The van der Waals surface area contributed by atoms with E-state index in [4.69, 9.17) is 4.74 Å². The van der Waals surface area contributed by atoms with E-state index < -0.39 is 52.7 Å². The SMILES string of the molecule is CCCOc1ccc(C2NC(CO)(C(=O)O)C3C(=O)N(c4cccc([N+](=O)[O-])c4)C(=O)C23)cc1. The molecule has 178 valence electrons. The van der Waals surface area contributed by atoms with Gasteiger partial charge in [-0.25, -0.2) is 4.90 Å². The normalized spacial score (nSPS) is 25.9. The molecule has 2 saturated heterocycles. The number of amides is 2. The molecule has 2 aliphatic rings. The zero-order chi connectivity index (χ0) is 24.6. The minimum Gasteiger partial charge on any atom is -0.494 e. The second-order valence-electron chi connectivity index (χ2n) is 8.27. The van der Waals surface area contributed by atoms with Crippen LogP contribution in [-0.2, 0) is 14.4 Å². The Balaban J connectivity index is 1.77. The van der Waals surface area contributed by atoms with E-state index in [9.17, 15) is 34.7 Å². The number of hydrogen-bond donors (Lipinski definition) is 3. The van der Waals surface area contributed by atoms with Crippen LogP contribution in [0, 0.1) is 22.0 Å². The lowest BCUT2D eigenvalue weighted by Crippen LogP contribution is -2.58. The number of anilines is 1. The van der Waals surface area contributed by atoms with Gasteiger partial charge in [-0.2, -0.15) is 0 Å². The average Bonchev–Trinajstić information content (AvgIpc) is 3.32. The molecule has 2 aromatic carbocycles. The number of nitrogens with zero attached hydrogens (tertiary/aromatic N) is 2. The van der Waals surface area contributed by atoms with Crippen LogP contribution < -0.4 is 15.0 Å². The minimum absolute atomic E-state index is 0.0297. The van der Waals surface area contributed by atoms with Gasteiger partial charge in [-0.15, -0.1) is 0 Å². The molecule has 2 aliphatic heterocycles. The van der Waals surface area contributed by atoms with Crippen LogP contribution in [0.2, 0.25) is 0 Å². The van der Waals surface area contributed by atoms with Crippen molar-refractivity contribution in [1.29, 1.82) is 0 Å². The van der Waals surface area contributed by atoms with Crippen LogP contribution in [0.25, 0.3) is 0 Å². The number of non-ortho nitro benzene ring substituents is 1. The standard InChI is InChI=1S/C23H23N3O8/c1-2-10-34-16-8-6-13(7-9-16)19-17-18(23(12-27,24-19)22(30)31)21(29)25(20(17)28)14-4-3-5-15(11-14)26(32)33/h3-9,11,17-19,24,27H,2,10,12H2,1H3,(H,30,31). The summed E-state index contributed by atoms with van der Waals surface area (Å²) in [6.07, 6.45) is 0.817. The van der Waals surface area contributed by atoms with E-state index in [1.807, 2.05) is 6.92 Å². The van der Waals surface area contributed by atoms with E-state index in [0.717, 1.165) is 17.4 Å². The number of benzene rings is 2. The van der Waals surface area contributed by atoms with Crippen LogP contribution in [0.1, 0.15) is 24.9 Å². The fourth-order valence-corrected chi connectivity index (χ4v) is 4.69. The van der Waals surface area contributed by atoms with Gasteiger partial charge in [0.15, 0.2) is 5.54 Å². The zero-order valence-electron chi connectivity index (χ0n) is 18.2. The molecule has 11 nitrogen and oxygen atoms in total. The third-order valence-corrected chi connectivity index (χ3v) is 6.30. The molecule has 0 bridgehead atoms. The molecule has 4 unspecified atom stereocenters. The summed E-state index contributed by atoms with van der Waals surface area (Å²) in [5.41, 5.74) is -1.91. The molecule has 2 amide bonds. The van der Waals surface area contributed by atoms with E-state index in [0.29, 0.717) is 17.9 Å². The Morgan fingerprint density at radius 3 is 2.50 bits per heavy atom. The van der Waals surface area contributed by atoms with E-state index in [1.165, 1.54) is 18.2 Å². The number of fused-ring (bicyclic) bond motifs is 1. The number of aliphatic hydroxyl groups is 1. The summed E-state index contributed by atoms with van der Waals surface area (Å²) in [5, 5.41) is 34.1. The molecule has 4 rings (SSSR count). The van der Waals surface area contributed by atoms with Crippen LogP contribution in [0.15, 0.2) is 48.5 Å². The van der Waals surface area contributed by atoms with Crippen molar-refractivity contribution in [3.05, 3.63) is 64.2 Å². The summed E-state index contributed by atoms with van der Waals surface area (Å²) in [5.74, 6) is -4.97. The number of rotatable bonds is 8. The van der Waals surface area contributed by atoms with Crippen molar-refractivity contribution < 1.29 is 34.3 Å². The number of carboxylic acid groups (broad SMARTS) is 1. The van der Waals surface area contributed by atoms with Crippen LogP contribution in [0.4, 0.5) is 11.4 Å². The number of imide groups is 1. The van der Waals surface area contributed by atoms with Gasteiger partial charge in [-0.05, 0) is 30.2 Å². The lowest BCUT2D eigenvalue weighted by Gasteiger charge is -2.29. The van der Waals surface area contributed by atoms with E-state index in [1.54, 1.807) is 24.3 Å². The second kappa shape index (κ2) is 8.84. The molecule has 2 heterocycles. The number of nitro benzene ring substituents is 1. The third-order valence-electron chi connectivity index (χ3n) is 6.30. The summed E-state index contributed by atoms with van der Waals surface area (Å²) < 4.78 is 5.56. The molecule has 2 fully saturated rings. The number of carboxylic acids is 1. The highest BCUT2D eigenvalue weighted by molar-refractivity contribution is 6.24. The Labute approximate surface area is 194 Å². The monoisotopic (exact) mass is 469 g/mol. The maximum atomic E-state index is 13.5. The van der Waals surface area contributed by atoms with Crippen LogP contribution in [0.5, 0.6) is 5.75 Å². The Kier molecular flexibility index (Phi) is 6.07. The van der Waals surface area contributed by atoms with Crippen molar-refractivity contribution in [3.8, 4) is 5.75 Å². The highest BCUT2D eigenvalue weighted by Crippen LogP contribution is 2.50. The first-order valence-corrected chi connectivity index (χ1v) is 10.7. The molecule has 0 aliphatic carbocycles. The highest BCUT2D eigenvalue weighted by Gasteiger charge is 2.68. The van der Waals surface area contributed by atoms with E-state index >= 15 is 0 Å². The Bertz CT molecular complexity index is 1150. The van der Waals surface area contributed by atoms with E-state index in [-0.39, 0.29) is 11.4 Å². The van der Waals surface area contributed by atoms with Gasteiger partial charge >= 0.3 is 5.97 Å². The smallest absolute Gasteiger partial charge is 0.327 e. The molecular weight excluding hydrogens is 446 g/mol. The van der Waals surface area contributed by atoms with Gasteiger partial charge in [0.05, 0.1) is 35.7 Å². The van der Waals surface area contributed by atoms with Crippen molar-refractivity contribution in [2.45, 2.75) is 24.9 Å². The highest BCUT2D eigenvalue weighted by atomic mass is 16.6. The largest absolute Gasteiger partial charge is 0.494 e. The summed E-state index contributed by atoms with van der Waals surface area (Å²) in [7, 11) is 0. The molecule has 0 radical (unpaired) electrons. The van der Waals surface area contributed by atoms with Crippen molar-refractivity contribution in [2.24, 2.45) is 11.8 Å². The first-order valence-electron chi connectivity index (χ1n) is 10.7. The predicted molar refractivity (Wildman–Crippen MR) is 118 cm³/mol. The summed E-state index contributed by atoms with van der Waals surface area (Å²) in [6.45, 7) is 1.55. The van der Waals surface area contributed by atoms with Gasteiger partial charge in [-0.1, -0.05) is 25.1 Å². The average molecular weight is 469 g/mol. The van der Waals surface area contributed by atoms with Gasteiger partial charge < -0.3 is 14.9 Å². The maximum absolute atomic E-state index is 13.5. The fourth-order valence-electron chi connectivity index (χ4n) is 4.69. The molecule has 0 saturated carbocycles. The summed E-state index contributed by atoms with van der Waals surface area (Å²) in [6, 6.07) is 10.8. The Morgan fingerprint density at radius 2 is 1.91 bits per heavy atom. The molecule has 3 N–H and O–H groups in total. The zero-order valence-corrected chi connectivity index (χ0v) is 18.2. The van der Waals surface area contributed by atoms with E-state index in [2.05, 4.69) is 5.32 Å². The molecule has 0 spiro atoms. The Hall–Kier alpha value is -3.83. The number of ether oxygens (including phenoxy) is 1. The molecule has 2 aromatic rings. The van der Waals surface area contributed by atoms with Gasteiger partial charge in [0, 0.05) is 18.2 Å². The number of hydrogen-bond acceptors (Lipinski definition) is 8. The fraction of sp³-hybridized carbons (Fsp3) is 0.348. The number of nitro groups is 1. The van der Waals surface area contributed by atoms with Gasteiger partial charge in [0.25, 0.3) is 5.69 Å². The van der Waals surface area contributed by atoms with Crippen LogP contribution >= 0.6 is 0 Å². The van der Waals surface area contributed by atoms with Crippen molar-refractivity contribution in [2.75, 3.05) is 18.1 Å². The van der Waals surface area contributed by atoms with Crippen molar-refractivity contribution in [3.63, 3.8) is 0 Å². The predicted octanol–water partition coefficient (Wildman–Crippen LogP) is 1.65. The minimum atomic E-state index is -2.10. The summed E-state index contributed by atoms with van der Waals surface area (Å²) >= 11 is 0. The maximum Gasteiger partial charge on any atom is 0.327 e. The lowest BCUT2D eigenvalue weighted by atomic mass is 9.79. The van der Waals surface area contributed by atoms with Crippen LogP contribution in [-0.4, -0.2) is 51.7 Å².